The summed E-state index contributed by atoms with van der Waals surface area (Å²) in [5, 5.41) is 40.6. The second-order valence-corrected chi connectivity index (χ2v) is 6.61. The summed E-state index contributed by atoms with van der Waals surface area (Å²) in [6.07, 6.45) is 3.37. The van der Waals surface area contributed by atoms with Crippen molar-refractivity contribution in [2.24, 2.45) is 5.92 Å². The van der Waals surface area contributed by atoms with Crippen LogP contribution in [0.1, 0.15) is 43.7 Å². The number of aromatic hydroxyl groups is 4. The third-order valence-electron chi connectivity index (χ3n) is 5.19. The van der Waals surface area contributed by atoms with Crippen LogP contribution in [0.25, 0.3) is 0 Å². The van der Waals surface area contributed by atoms with Gasteiger partial charge in [-0.3, -0.25) is 0 Å². The van der Waals surface area contributed by atoms with E-state index in [0.717, 1.165) is 25.7 Å². The van der Waals surface area contributed by atoms with Crippen LogP contribution in [0.15, 0.2) is 36.4 Å². The number of rotatable bonds is 2. The van der Waals surface area contributed by atoms with Crippen LogP contribution < -0.4 is 0 Å². The van der Waals surface area contributed by atoms with Gasteiger partial charge >= 0.3 is 0 Å². The van der Waals surface area contributed by atoms with E-state index in [1.807, 2.05) is 0 Å². The van der Waals surface area contributed by atoms with E-state index in [4.69, 9.17) is 0 Å². The SMILES string of the molecule is CC1CCC(c2cccc(O)c2O)(c2cccc(O)c2O)CC1. The molecule has 4 heteroatoms. The number of para-hydroxylation sites is 2. The van der Waals surface area contributed by atoms with Crippen LogP contribution in [0.5, 0.6) is 23.0 Å². The average Bonchev–Trinajstić information content (AvgIpc) is 2.54. The summed E-state index contributed by atoms with van der Waals surface area (Å²) in [5.74, 6) is -0.0584. The highest BCUT2D eigenvalue weighted by Gasteiger charge is 2.41. The fourth-order valence-electron chi connectivity index (χ4n) is 3.77. The third-order valence-corrected chi connectivity index (χ3v) is 5.19. The summed E-state index contributed by atoms with van der Waals surface area (Å²) in [4.78, 5) is 0. The summed E-state index contributed by atoms with van der Waals surface area (Å²) in [7, 11) is 0. The molecule has 0 bridgehead atoms. The first-order valence-corrected chi connectivity index (χ1v) is 7.98. The number of phenols is 4. The van der Waals surface area contributed by atoms with E-state index in [1.54, 1.807) is 24.3 Å². The molecule has 3 rings (SSSR count). The lowest BCUT2D eigenvalue weighted by molar-refractivity contribution is 0.264. The molecule has 0 spiro atoms. The van der Waals surface area contributed by atoms with Crippen LogP contribution in [0.3, 0.4) is 0 Å². The topological polar surface area (TPSA) is 80.9 Å². The number of hydrogen-bond donors (Lipinski definition) is 4. The summed E-state index contributed by atoms with van der Waals surface area (Å²) in [6.45, 7) is 2.19. The fraction of sp³-hybridized carbons (Fsp3) is 0.368. The maximum absolute atomic E-state index is 10.4. The molecule has 0 radical (unpaired) electrons. The van der Waals surface area contributed by atoms with Crippen molar-refractivity contribution in [3.63, 3.8) is 0 Å². The van der Waals surface area contributed by atoms with Gasteiger partial charge in [0.1, 0.15) is 0 Å². The zero-order valence-electron chi connectivity index (χ0n) is 13.2. The number of benzene rings is 2. The Balaban J connectivity index is 2.23. The van der Waals surface area contributed by atoms with Gasteiger partial charge in [0.25, 0.3) is 0 Å². The molecule has 1 fully saturated rings. The van der Waals surface area contributed by atoms with Crippen molar-refractivity contribution in [1.29, 1.82) is 0 Å². The average molecular weight is 314 g/mol. The Kier molecular flexibility index (Phi) is 3.84. The lowest BCUT2D eigenvalue weighted by atomic mass is 9.63. The molecule has 0 saturated heterocycles. The van der Waals surface area contributed by atoms with Crippen molar-refractivity contribution >= 4 is 0 Å². The van der Waals surface area contributed by atoms with Gasteiger partial charge < -0.3 is 20.4 Å². The van der Waals surface area contributed by atoms with E-state index < -0.39 is 5.41 Å². The van der Waals surface area contributed by atoms with Gasteiger partial charge in [-0.2, -0.15) is 0 Å². The molecule has 1 saturated carbocycles. The smallest absolute Gasteiger partial charge is 0.161 e. The first-order chi connectivity index (χ1) is 11.0. The molecule has 0 amide bonds. The van der Waals surface area contributed by atoms with E-state index in [0.29, 0.717) is 17.0 Å². The molecule has 4 N–H and O–H groups in total. The summed E-state index contributed by atoms with van der Waals surface area (Å²) in [5.41, 5.74) is 0.591. The van der Waals surface area contributed by atoms with Gasteiger partial charge in [0, 0.05) is 16.5 Å². The van der Waals surface area contributed by atoms with Gasteiger partial charge in [0.2, 0.25) is 0 Å². The minimum atomic E-state index is -0.613. The molecule has 4 nitrogen and oxygen atoms in total. The van der Waals surface area contributed by atoms with Gasteiger partial charge in [-0.15, -0.1) is 0 Å². The van der Waals surface area contributed by atoms with Crippen LogP contribution in [-0.2, 0) is 5.41 Å². The van der Waals surface area contributed by atoms with Crippen molar-refractivity contribution in [3.05, 3.63) is 47.5 Å². The molecule has 0 atom stereocenters. The molecule has 1 aliphatic rings. The maximum Gasteiger partial charge on any atom is 0.161 e. The van der Waals surface area contributed by atoms with Crippen molar-refractivity contribution in [3.8, 4) is 23.0 Å². The Hall–Kier alpha value is -2.36. The second-order valence-electron chi connectivity index (χ2n) is 6.61. The zero-order valence-corrected chi connectivity index (χ0v) is 13.2. The first-order valence-electron chi connectivity index (χ1n) is 7.98. The predicted molar refractivity (Wildman–Crippen MR) is 88.0 cm³/mol. The van der Waals surface area contributed by atoms with Crippen molar-refractivity contribution in [2.75, 3.05) is 0 Å². The second kappa shape index (κ2) is 5.69. The lowest BCUT2D eigenvalue weighted by Gasteiger charge is -2.41. The highest BCUT2D eigenvalue weighted by atomic mass is 16.3. The Morgan fingerprint density at radius 1 is 0.783 bits per heavy atom. The molecule has 23 heavy (non-hydrogen) atoms. The van der Waals surface area contributed by atoms with E-state index in [9.17, 15) is 20.4 Å². The monoisotopic (exact) mass is 314 g/mol. The van der Waals surface area contributed by atoms with Crippen LogP contribution in [-0.4, -0.2) is 20.4 Å². The summed E-state index contributed by atoms with van der Waals surface area (Å²) >= 11 is 0. The highest BCUT2D eigenvalue weighted by Crippen LogP contribution is 2.53. The molecule has 1 aliphatic carbocycles. The fourth-order valence-corrected chi connectivity index (χ4v) is 3.77. The standard InChI is InChI=1S/C19H22O4/c1-12-8-10-19(11-9-12,13-4-2-6-15(20)17(13)22)14-5-3-7-16(21)18(14)23/h2-7,12,20-23H,8-11H2,1H3. The van der Waals surface area contributed by atoms with Gasteiger partial charge in [0.15, 0.2) is 23.0 Å². The molecular formula is C19H22O4. The molecule has 122 valence electrons. The van der Waals surface area contributed by atoms with Crippen LogP contribution in [0.2, 0.25) is 0 Å². The number of hydrogen-bond acceptors (Lipinski definition) is 4. The molecular weight excluding hydrogens is 292 g/mol. The largest absolute Gasteiger partial charge is 0.504 e. The molecule has 0 unspecified atom stereocenters. The van der Waals surface area contributed by atoms with Crippen LogP contribution >= 0.6 is 0 Å². The number of phenolic OH excluding ortho intramolecular Hbond substituents is 4. The van der Waals surface area contributed by atoms with Gasteiger partial charge in [-0.1, -0.05) is 31.2 Å². The molecule has 2 aromatic carbocycles. The van der Waals surface area contributed by atoms with E-state index in [2.05, 4.69) is 6.92 Å². The zero-order chi connectivity index (χ0) is 16.6. The normalized spacial score (nSPS) is 18.0. The van der Waals surface area contributed by atoms with Crippen molar-refractivity contribution < 1.29 is 20.4 Å². The Morgan fingerprint density at radius 2 is 1.22 bits per heavy atom. The van der Waals surface area contributed by atoms with Crippen molar-refractivity contribution in [1.82, 2.24) is 0 Å². The summed E-state index contributed by atoms with van der Waals surface area (Å²) < 4.78 is 0. The third kappa shape index (κ3) is 2.48. The maximum atomic E-state index is 10.4. The van der Waals surface area contributed by atoms with Gasteiger partial charge in [0.05, 0.1) is 0 Å². The predicted octanol–water partition coefficient (Wildman–Crippen LogP) is 4.01. The van der Waals surface area contributed by atoms with Gasteiger partial charge in [-0.25, -0.2) is 0 Å². The molecule has 2 aromatic rings. The lowest BCUT2D eigenvalue weighted by Crippen LogP contribution is -2.32. The van der Waals surface area contributed by atoms with Gasteiger partial charge in [-0.05, 0) is 43.7 Å². The quantitative estimate of drug-likeness (QED) is 0.631. The van der Waals surface area contributed by atoms with Crippen molar-refractivity contribution in [2.45, 2.75) is 38.0 Å². The van der Waals surface area contributed by atoms with E-state index in [1.165, 1.54) is 12.1 Å². The summed E-state index contributed by atoms with van der Waals surface area (Å²) in [6, 6.07) is 9.86. The van der Waals surface area contributed by atoms with Crippen LogP contribution in [0.4, 0.5) is 0 Å². The Labute approximate surface area is 135 Å². The van der Waals surface area contributed by atoms with Crippen LogP contribution in [0, 0.1) is 5.92 Å². The Bertz CT molecular complexity index is 662. The van der Waals surface area contributed by atoms with E-state index >= 15 is 0 Å². The molecule has 0 aromatic heterocycles. The first kappa shape index (κ1) is 15.5. The van der Waals surface area contributed by atoms with E-state index in [-0.39, 0.29) is 23.0 Å². The molecule has 0 aliphatic heterocycles. The minimum absolute atomic E-state index is 0.148. The molecule has 0 heterocycles. The highest BCUT2D eigenvalue weighted by molar-refractivity contribution is 5.58. The Morgan fingerprint density at radius 3 is 1.65 bits per heavy atom. The minimum Gasteiger partial charge on any atom is -0.504 e.